The summed E-state index contributed by atoms with van der Waals surface area (Å²) in [5.41, 5.74) is 1.50. The van der Waals surface area contributed by atoms with E-state index in [0.29, 0.717) is 10.2 Å². The number of anilines is 1. The summed E-state index contributed by atoms with van der Waals surface area (Å²) in [6.07, 6.45) is 0. The largest absolute Gasteiger partial charge is 0.481 e. The zero-order valence-corrected chi connectivity index (χ0v) is 16.1. The van der Waals surface area contributed by atoms with Crippen LogP contribution in [0.25, 0.3) is 0 Å². The van der Waals surface area contributed by atoms with E-state index in [0.717, 1.165) is 5.56 Å². The van der Waals surface area contributed by atoms with Crippen molar-refractivity contribution in [3.05, 3.63) is 58.3 Å². The number of rotatable bonds is 7. The summed E-state index contributed by atoms with van der Waals surface area (Å²) in [5, 5.41) is 5.50. The van der Waals surface area contributed by atoms with Gasteiger partial charge in [0.2, 0.25) is 5.91 Å². The van der Waals surface area contributed by atoms with Gasteiger partial charge in [-0.2, -0.15) is 0 Å². The topological polar surface area (TPSA) is 67.4 Å². The van der Waals surface area contributed by atoms with Crippen molar-refractivity contribution in [2.75, 3.05) is 11.9 Å². The van der Waals surface area contributed by atoms with Crippen LogP contribution in [0.5, 0.6) is 5.75 Å². The van der Waals surface area contributed by atoms with Crippen LogP contribution in [0.15, 0.2) is 46.9 Å². The third-order valence-corrected chi connectivity index (χ3v) is 3.95. The zero-order chi connectivity index (χ0) is 19.1. The standard InChI is InChI=1S/C19H20BrFN2O3/c1-12(2)19(25)23-15-5-3-4-13(8-15)10-22-18(24)11-26-17-7-6-14(20)9-16(17)21/h3-9,12H,10-11H2,1-2H3,(H,22,24)(H,23,25). The number of ether oxygens (including phenoxy) is 1. The summed E-state index contributed by atoms with van der Waals surface area (Å²) in [6, 6.07) is 11.6. The van der Waals surface area contributed by atoms with E-state index in [1.165, 1.54) is 12.1 Å². The predicted octanol–water partition coefficient (Wildman–Crippen LogP) is 3.88. The molecule has 0 saturated carbocycles. The van der Waals surface area contributed by atoms with Gasteiger partial charge in [0.05, 0.1) is 0 Å². The van der Waals surface area contributed by atoms with Crippen LogP contribution in [0, 0.1) is 11.7 Å². The van der Waals surface area contributed by atoms with Crippen molar-refractivity contribution < 1.29 is 18.7 Å². The molecule has 5 nitrogen and oxygen atoms in total. The van der Waals surface area contributed by atoms with Gasteiger partial charge in [-0.25, -0.2) is 4.39 Å². The molecular formula is C19H20BrFN2O3. The van der Waals surface area contributed by atoms with Crippen LogP contribution in [-0.2, 0) is 16.1 Å². The number of hydrogen-bond donors (Lipinski definition) is 2. The minimum atomic E-state index is -0.541. The lowest BCUT2D eigenvalue weighted by Crippen LogP contribution is -2.28. The Labute approximate surface area is 160 Å². The van der Waals surface area contributed by atoms with Crippen LogP contribution < -0.4 is 15.4 Å². The van der Waals surface area contributed by atoms with Gasteiger partial charge in [0.15, 0.2) is 18.2 Å². The molecule has 0 saturated heterocycles. The summed E-state index contributed by atoms with van der Waals surface area (Å²) in [6.45, 7) is 3.61. The molecule has 0 aliphatic heterocycles. The van der Waals surface area contributed by atoms with E-state index in [1.807, 2.05) is 19.9 Å². The summed E-state index contributed by atoms with van der Waals surface area (Å²) >= 11 is 3.15. The minimum Gasteiger partial charge on any atom is -0.481 e. The second kappa shape index (κ2) is 9.33. The number of amides is 2. The molecule has 0 radical (unpaired) electrons. The Kier molecular flexibility index (Phi) is 7.15. The monoisotopic (exact) mass is 422 g/mol. The molecule has 0 spiro atoms. The molecule has 0 atom stereocenters. The van der Waals surface area contributed by atoms with Crippen LogP contribution >= 0.6 is 15.9 Å². The summed E-state index contributed by atoms with van der Waals surface area (Å²) in [4.78, 5) is 23.6. The van der Waals surface area contributed by atoms with E-state index < -0.39 is 5.82 Å². The van der Waals surface area contributed by atoms with Crippen molar-refractivity contribution in [2.24, 2.45) is 5.92 Å². The van der Waals surface area contributed by atoms with Gasteiger partial charge in [-0.05, 0) is 35.9 Å². The van der Waals surface area contributed by atoms with Gasteiger partial charge in [0.25, 0.3) is 5.91 Å². The molecule has 0 aromatic heterocycles. The third-order valence-electron chi connectivity index (χ3n) is 3.46. The first-order valence-electron chi connectivity index (χ1n) is 8.09. The van der Waals surface area contributed by atoms with E-state index in [9.17, 15) is 14.0 Å². The molecule has 0 heterocycles. The van der Waals surface area contributed by atoms with Gasteiger partial charge >= 0.3 is 0 Å². The highest BCUT2D eigenvalue weighted by atomic mass is 79.9. The molecule has 2 N–H and O–H groups in total. The lowest BCUT2D eigenvalue weighted by Gasteiger charge is -2.11. The highest BCUT2D eigenvalue weighted by molar-refractivity contribution is 9.10. The average molecular weight is 423 g/mol. The Hall–Kier alpha value is -2.41. The first kappa shape index (κ1) is 19.9. The second-order valence-corrected chi connectivity index (χ2v) is 6.90. The number of halogens is 2. The van der Waals surface area contributed by atoms with Crippen molar-refractivity contribution in [1.29, 1.82) is 0 Å². The van der Waals surface area contributed by atoms with Crippen LogP contribution in [0.4, 0.5) is 10.1 Å². The van der Waals surface area contributed by atoms with Crippen LogP contribution in [-0.4, -0.2) is 18.4 Å². The van der Waals surface area contributed by atoms with E-state index in [2.05, 4.69) is 26.6 Å². The van der Waals surface area contributed by atoms with Crippen molar-refractivity contribution in [3.63, 3.8) is 0 Å². The Morgan fingerprint density at radius 3 is 2.65 bits per heavy atom. The molecular weight excluding hydrogens is 403 g/mol. The maximum Gasteiger partial charge on any atom is 0.258 e. The van der Waals surface area contributed by atoms with Gasteiger partial charge in [-0.3, -0.25) is 9.59 Å². The Morgan fingerprint density at radius 1 is 1.19 bits per heavy atom. The van der Waals surface area contributed by atoms with Crippen molar-refractivity contribution in [1.82, 2.24) is 5.32 Å². The lowest BCUT2D eigenvalue weighted by atomic mass is 10.1. The molecule has 2 amide bonds. The SMILES string of the molecule is CC(C)C(=O)Nc1cccc(CNC(=O)COc2ccc(Br)cc2F)c1. The number of carbonyl (C=O) groups is 2. The zero-order valence-electron chi connectivity index (χ0n) is 14.5. The first-order valence-corrected chi connectivity index (χ1v) is 8.89. The van der Waals surface area contributed by atoms with Crippen molar-refractivity contribution in [2.45, 2.75) is 20.4 Å². The van der Waals surface area contributed by atoms with Crippen molar-refractivity contribution >= 4 is 33.4 Å². The molecule has 0 bridgehead atoms. The average Bonchev–Trinajstić information content (AvgIpc) is 2.59. The summed E-state index contributed by atoms with van der Waals surface area (Å²) in [7, 11) is 0. The first-order chi connectivity index (χ1) is 12.3. The number of benzene rings is 2. The smallest absolute Gasteiger partial charge is 0.258 e. The van der Waals surface area contributed by atoms with Crippen LogP contribution in [0.2, 0.25) is 0 Å². The predicted molar refractivity (Wildman–Crippen MR) is 101 cm³/mol. The Bertz CT molecular complexity index is 796. The molecule has 138 valence electrons. The third kappa shape index (κ3) is 6.15. The fourth-order valence-corrected chi connectivity index (χ4v) is 2.37. The van der Waals surface area contributed by atoms with E-state index in [1.54, 1.807) is 24.3 Å². The normalized spacial score (nSPS) is 10.5. The number of hydrogen-bond acceptors (Lipinski definition) is 3. The Balaban J connectivity index is 1.84. The quantitative estimate of drug-likeness (QED) is 0.711. The molecule has 2 aromatic carbocycles. The van der Waals surface area contributed by atoms with Gasteiger partial charge in [0.1, 0.15) is 0 Å². The number of nitrogens with one attached hydrogen (secondary N) is 2. The Morgan fingerprint density at radius 2 is 1.96 bits per heavy atom. The molecule has 7 heteroatoms. The van der Waals surface area contributed by atoms with Gasteiger partial charge < -0.3 is 15.4 Å². The highest BCUT2D eigenvalue weighted by Gasteiger charge is 2.09. The maximum atomic E-state index is 13.6. The van der Waals surface area contributed by atoms with Gasteiger partial charge in [-0.15, -0.1) is 0 Å². The molecule has 2 aromatic rings. The van der Waals surface area contributed by atoms with Crippen molar-refractivity contribution in [3.8, 4) is 5.75 Å². The van der Waals surface area contributed by atoms with Crippen LogP contribution in [0.3, 0.4) is 0 Å². The highest BCUT2D eigenvalue weighted by Crippen LogP contribution is 2.21. The lowest BCUT2D eigenvalue weighted by molar-refractivity contribution is -0.123. The van der Waals surface area contributed by atoms with E-state index in [4.69, 9.17) is 4.74 Å². The second-order valence-electron chi connectivity index (χ2n) is 5.98. The van der Waals surface area contributed by atoms with E-state index >= 15 is 0 Å². The maximum absolute atomic E-state index is 13.6. The minimum absolute atomic E-state index is 0.0155. The summed E-state index contributed by atoms with van der Waals surface area (Å²) < 4.78 is 19.4. The van der Waals surface area contributed by atoms with E-state index in [-0.39, 0.29) is 36.6 Å². The fraction of sp³-hybridized carbons (Fsp3) is 0.263. The molecule has 0 fully saturated rings. The fourth-order valence-electron chi connectivity index (χ4n) is 2.03. The molecule has 0 aliphatic carbocycles. The molecule has 0 aliphatic rings. The van der Waals surface area contributed by atoms with Gasteiger partial charge in [0, 0.05) is 22.6 Å². The summed E-state index contributed by atoms with van der Waals surface area (Å²) in [5.74, 6) is -1.09. The van der Waals surface area contributed by atoms with Crippen LogP contribution in [0.1, 0.15) is 19.4 Å². The molecule has 26 heavy (non-hydrogen) atoms. The number of carbonyl (C=O) groups excluding carboxylic acids is 2. The molecule has 0 unspecified atom stereocenters. The van der Waals surface area contributed by atoms with Gasteiger partial charge in [-0.1, -0.05) is 41.9 Å². The molecule has 2 rings (SSSR count).